The molecular formula is C5H13BrMgOSi. The summed E-state index contributed by atoms with van der Waals surface area (Å²) in [5.41, 5.74) is 0. The Morgan fingerprint density at radius 2 is 2.11 bits per heavy atom. The van der Waals surface area contributed by atoms with Crippen LogP contribution in [0.5, 0.6) is 0 Å². The van der Waals surface area contributed by atoms with E-state index in [-0.39, 0.29) is 18.2 Å². The smallest absolute Gasteiger partial charge is 0.420 e. The van der Waals surface area contributed by atoms with Crippen LogP contribution in [0.4, 0.5) is 0 Å². The van der Waals surface area contributed by atoms with Crippen LogP contribution in [0.1, 0.15) is 6.92 Å². The fraction of sp³-hybridized carbons (Fsp3) is 1.00. The Balaban J connectivity index is 3.43. The summed E-state index contributed by atoms with van der Waals surface area (Å²) >= 11 is 3.59. The highest BCUT2D eigenvalue weighted by molar-refractivity contribution is 9.23. The van der Waals surface area contributed by atoms with Gasteiger partial charge in [0.25, 0.3) is 0 Å². The molecule has 0 aliphatic heterocycles. The fourth-order valence-electron chi connectivity index (χ4n) is 0.690. The largest absolute Gasteiger partial charge is 0.468 e. The molecule has 0 fully saturated rings. The maximum Gasteiger partial charge on any atom is 0.468 e. The van der Waals surface area contributed by atoms with Gasteiger partial charge >= 0.3 is 18.2 Å². The second kappa shape index (κ2) is 5.12. The fourth-order valence-corrected chi connectivity index (χ4v) is 12.5. The van der Waals surface area contributed by atoms with E-state index >= 15 is 0 Å². The summed E-state index contributed by atoms with van der Waals surface area (Å²) in [4.78, 5) is 0. The molecule has 0 amide bonds. The van der Waals surface area contributed by atoms with E-state index in [1.807, 2.05) is 0 Å². The second-order valence-electron chi connectivity index (χ2n) is 2.63. The lowest BCUT2D eigenvalue weighted by atomic mass is 10.9. The first-order valence-corrected chi connectivity index (χ1v) is 11.3. The van der Waals surface area contributed by atoms with Gasteiger partial charge < -0.3 is 17.3 Å². The molecule has 0 radical (unpaired) electrons. The molecule has 0 heterocycles. The van der Waals surface area contributed by atoms with Crippen molar-refractivity contribution in [1.82, 2.24) is 0 Å². The van der Waals surface area contributed by atoms with Crippen molar-refractivity contribution in [2.24, 2.45) is 0 Å². The molecule has 1 nitrogen and oxygen atoms in total. The maximum absolute atomic E-state index is 5.61. The van der Waals surface area contributed by atoms with Crippen LogP contribution in [0.3, 0.4) is 0 Å². The molecule has 0 aromatic heterocycles. The lowest BCUT2D eigenvalue weighted by molar-refractivity contribution is 0.333. The van der Waals surface area contributed by atoms with Crippen LogP contribution in [0.15, 0.2) is 0 Å². The van der Waals surface area contributed by atoms with Crippen LogP contribution in [-0.4, -0.2) is 33.1 Å². The third-order valence-electron chi connectivity index (χ3n) is 1.23. The molecule has 9 heavy (non-hydrogen) atoms. The molecule has 0 aromatic rings. The van der Waals surface area contributed by atoms with Crippen LogP contribution >= 0.6 is 12.9 Å². The summed E-state index contributed by atoms with van der Waals surface area (Å²) in [6.07, 6.45) is 0. The predicted octanol–water partition coefficient (Wildman–Crippen LogP) is 2.20. The Bertz CT molecular complexity index is 71.4. The highest BCUT2D eigenvalue weighted by Gasteiger charge is 2.20. The van der Waals surface area contributed by atoms with Crippen LogP contribution in [-0.2, 0) is 4.43 Å². The van der Waals surface area contributed by atoms with Crippen molar-refractivity contribution >= 4 is 39.4 Å². The predicted molar refractivity (Wildman–Crippen MR) is 48.6 cm³/mol. The number of hydrogen-bond donors (Lipinski definition) is 0. The molecule has 0 N–H and O–H groups in total. The van der Waals surface area contributed by atoms with E-state index in [0.29, 0.717) is 0 Å². The van der Waals surface area contributed by atoms with Gasteiger partial charge in [0.1, 0.15) is 0 Å². The molecule has 0 aliphatic rings. The molecule has 52 valence electrons. The Morgan fingerprint density at radius 1 is 1.56 bits per heavy atom. The highest BCUT2D eigenvalue weighted by Crippen LogP contribution is 2.10. The van der Waals surface area contributed by atoms with Gasteiger partial charge in [0, 0.05) is 6.61 Å². The van der Waals surface area contributed by atoms with E-state index in [2.05, 4.69) is 32.9 Å². The summed E-state index contributed by atoms with van der Waals surface area (Å²) in [5, 5.41) is 0. The van der Waals surface area contributed by atoms with Gasteiger partial charge in [-0.25, -0.2) is 0 Å². The van der Waals surface area contributed by atoms with Gasteiger partial charge in [0.15, 0.2) is 8.32 Å². The van der Waals surface area contributed by atoms with E-state index in [9.17, 15) is 0 Å². The van der Waals surface area contributed by atoms with E-state index in [1.54, 1.807) is 0 Å². The first kappa shape index (κ1) is 10.4. The van der Waals surface area contributed by atoms with E-state index in [4.69, 9.17) is 4.43 Å². The van der Waals surface area contributed by atoms with Gasteiger partial charge in [0.05, 0.1) is 0 Å². The minimum atomic E-state index is -1.19. The average Bonchev–Trinajstić information content (AvgIpc) is 1.64. The van der Waals surface area contributed by atoms with Gasteiger partial charge in [-0.1, -0.05) is 0 Å². The third kappa shape index (κ3) is 5.85. The molecule has 4 heteroatoms. The standard InChI is InChI=1S/C5H13OSi.BrH.Mg/c1-5-6-7(2,3)4;;/h2,5H2,1,3-4H3;1H;/q;;+1/p-1. The third-order valence-corrected chi connectivity index (χ3v) is 11.4. The lowest BCUT2D eigenvalue weighted by Crippen LogP contribution is -2.31. The first-order chi connectivity index (χ1) is 4.12. The minimum absolute atomic E-state index is 0.0387. The molecule has 0 saturated carbocycles. The van der Waals surface area contributed by atoms with Crippen molar-refractivity contribution in [3.8, 4) is 0 Å². The molecule has 0 rings (SSSR count). The lowest BCUT2D eigenvalue weighted by Gasteiger charge is -2.20. The van der Waals surface area contributed by atoms with Gasteiger partial charge in [-0.15, -0.1) is 4.17 Å². The molecular weight excluding hydrogens is 208 g/mol. The van der Waals surface area contributed by atoms with Crippen molar-refractivity contribution in [3.05, 3.63) is 0 Å². The van der Waals surface area contributed by atoms with Crippen molar-refractivity contribution in [2.45, 2.75) is 24.2 Å². The zero-order chi connectivity index (χ0) is 7.33. The molecule has 0 aliphatic carbocycles. The van der Waals surface area contributed by atoms with E-state index < -0.39 is 8.32 Å². The minimum Gasteiger partial charge on any atom is -0.420 e. The van der Waals surface area contributed by atoms with Crippen molar-refractivity contribution < 1.29 is 4.43 Å². The van der Waals surface area contributed by atoms with Crippen molar-refractivity contribution in [1.29, 1.82) is 0 Å². The number of hydrogen-bond acceptors (Lipinski definition) is 1. The molecule has 0 saturated heterocycles. The van der Waals surface area contributed by atoms with E-state index in [0.717, 1.165) is 6.61 Å². The van der Waals surface area contributed by atoms with Gasteiger partial charge in [-0.2, -0.15) is 0 Å². The zero-order valence-electron chi connectivity index (χ0n) is 6.41. The van der Waals surface area contributed by atoms with Crippen LogP contribution in [0.2, 0.25) is 17.3 Å². The Labute approximate surface area is 74.3 Å². The number of halogens is 1. The summed E-state index contributed by atoms with van der Waals surface area (Å²) in [5.74, 6) is 0. The summed E-state index contributed by atoms with van der Waals surface area (Å²) in [6.45, 7) is 7.53. The molecule has 0 unspecified atom stereocenters. The topological polar surface area (TPSA) is 9.23 Å². The van der Waals surface area contributed by atoms with Gasteiger partial charge in [-0.3, -0.25) is 0 Å². The molecule has 0 aromatic carbocycles. The van der Waals surface area contributed by atoms with Crippen LogP contribution in [0.25, 0.3) is 0 Å². The molecule has 0 atom stereocenters. The monoisotopic (exact) mass is 220 g/mol. The van der Waals surface area contributed by atoms with Crippen LogP contribution in [0, 0.1) is 0 Å². The van der Waals surface area contributed by atoms with Crippen molar-refractivity contribution in [3.63, 3.8) is 0 Å². The van der Waals surface area contributed by atoms with Crippen LogP contribution < -0.4 is 0 Å². The van der Waals surface area contributed by atoms with Gasteiger partial charge in [0.2, 0.25) is 0 Å². The molecule has 0 spiro atoms. The summed E-state index contributed by atoms with van der Waals surface area (Å²) in [7, 11) is -1.19. The Kier molecular flexibility index (Phi) is 5.93. The van der Waals surface area contributed by atoms with Gasteiger partial charge in [-0.05, 0) is 20.0 Å². The summed E-state index contributed by atoms with van der Waals surface area (Å²) < 4.78 is 6.96. The maximum atomic E-state index is 5.61. The normalized spacial score (nSPS) is 11.1. The highest BCUT2D eigenvalue weighted by atomic mass is 79.9. The Hall–Kier alpha value is 1.42. The second-order valence-corrected chi connectivity index (χ2v) is 11.2. The SMILES string of the molecule is CCO[Si](C)(C)[CH2][Mg][Br]. The van der Waals surface area contributed by atoms with Crippen molar-refractivity contribution in [2.75, 3.05) is 6.61 Å². The van der Waals surface area contributed by atoms with E-state index in [1.165, 1.54) is 4.17 Å². The quantitative estimate of drug-likeness (QED) is 0.661. The Morgan fingerprint density at radius 3 is 2.44 bits per heavy atom. The average molecular weight is 221 g/mol. The zero-order valence-corrected chi connectivity index (χ0v) is 10.4. The summed E-state index contributed by atoms with van der Waals surface area (Å²) in [6, 6.07) is 0. The number of rotatable bonds is 4. The first-order valence-electron chi connectivity index (χ1n) is 3.32. The molecule has 0 bridgehead atoms.